The van der Waals surface area contributed by atoms with Gasteiger partial charge < -0.3 is 10.6 Å². The molecule has 0 saturated carbocycles. The summed E-state index contributed by atoms with van der Waals surface area (Å²) in [4.78, 5) is 13.8. The van der Waals surface area contributed by atoms with Crippen LogP contribution in [-0.2, 0) is 11.2 Å². The van der Waals surface area contributed by atoms with Crippen molar-refractivity contribution < 1.29 is 9.18 Å². The molecule has 2 N–H and O–H groups in total. The second kappa shape index (κ2) is 7.21. The SMILES string of the molecule is O=C(CN1CCNCC1)NCCc1ccccc1F. The minimum Gasteiger partial charge on any atom is -0.355 e. The second-order valence-electron chi connectivity index (χ2n) is 4.72. The van der Waals surface area contributed by atoms with Crippen molar-refractivity contribution >= 4 is 5.91 Å². The van der Waals surface area contributed by atoms with Gasteiger partial charge in [-0.25, -0.2) is 4.39 Å². The van der Waals surface area contributed by atoms with E-state index < -0.39 is 0 Å². The highest BCUT2D eigenvalue weighted by atomic mass is 19.1. The molecule has 0 spiro atoms. The van der Waals surface area contributed by atoms with Gasteiger partial charge in [0, 0.05) is 32.7 Å². The highest BCUT2D eigenvalue weighted by Gasteiger charge is 2.13. The highest BCUT2D eigenvalue weighted by molar-refractivity contribution is 5.78. The van der Waals surface area contributed by atoms with Gasteiger partial charge >= 0.3 is 0 Å². The Labute approximate surface area is 113 Å². The molecule has 1 aliphatic rings. The zero-order valence-corrected chi connectivity index (χ0v) is 11.0. The Morgan fingerprint density at radius 1 is 1.32 bits per heavy atom. The third kappa shape index (κ3) is 4.61. The molecule has 2 rings (SSSR count). The number of carbonyl (C=O) groups is 1. The lowest BCUT2D eigenvalue weighted by Gasteiger charge is -2.26. The number of piperazine rings is 1. The monoisotopic (exact) mass is 265 g/mol. The fraction of sp³-hybridized carbons (Fsp3) is 0.500. The maximum Gasteiger partial charge on any atom is 0.234 e. The van der Waals surface area contributed by atoms with Gasteiger partial charge in [-0.2, -0.15) is 0 Å². The Bertz CT molecular complexity index is 419. The summed E-state index contributed by atoms with van der Waals surface area (Å²) in [6, 6.07) is 6.67. The van der Waals surface area contributed by atoms with Crippen LogP contribution in [0.5, 0.6) is 0 Å². The molecule has 1 aliphatic heterocycles. The highest BCUT2D eigenvalue weighted by Crippen LogP contribution is 2.06. The Morgan fingerprint density at radius 2 is 2.05 bits per heavy atom. The van der Waals surface area contributed by atoms with Gasteiger partial charge in [0.2, 0.25) is 5.91 Å². The van der Waals surface area contributed by atoms with E-state index in [0.717, 1.165) is 26.2 Å². The van der Waals surface area contributed by atoms with Crippen LogP contribution in [0, 0.1) is 5.82 Å². The van der Waals surface area contributed by atoms with Gasteiger partial charge in [0.05, 0.1) is 6.54 Å². The lowest BCUT2D eigenvalue weighted by Crippen LogP contribution is -2.47. The molecule has 1 aromatic carbocycles. The largest absolute Gasteiger partial charge is 0.355 e. The molecule has 19 heavy (non-hydrogen) atoms. The number of nitrogens with zero attached hydrogens (tertiary/aromatic N) is 1. The number of amides is 1. The van der Waals surface area contributed by atoms with Crippen molar-refractivity contribution in [3.63, 3.8) is 0 Å². The van der Waals surface area contributed by atoms with Gasteiger partial charge in [0.15, 0.2) is 0 Å². The maximum absolute atomic E-state index is 13.4. The van der Waals surface area contributed by atoms with Crippen molar-refractivity contribution in [3.8, 4) is 0 Å². The number of hydrogen-bond donors (Lipinski definition) is 2. The molecule has 1 fully saturated rings. The number of halogens is 1. The van der Waals surface area contributed by atoms with Crippen LogP contribution in [0.25, 0.3) is 0 Å². The average Bonchev–Trinajstić information content (AvgIpc) is 2.42. The van der Waals surface area contributed by atoms with Crippen molar-refractivity contribution in [1.29, 1.82) is 0 Å². The molecule has 1 heterocycles. The summed E-state index contributed by atoms with van der Waals surface area (Å²) in [6.07, 6.45) is 0.528. The zero-order chi connectivity index (χ0) is 13.5. The summed E-state index contributed by atoms with van der Waals surface area (Å²) in [5.74, 6) is -0.197. The number of rotatable bonds is 5. The van der Waals surface area contributed by atoms with Crippen LogP contribution < -0.4 is 10.6 Å². The first kappa shape index (κ1) is 14.0. The van der Waals surface area contributed by atoms with Gasteiger partial charge in [-0.3, -0.25) is 9.69 Å². The molecule has 1 saturated heterocycles. The third-order valence-corrected chi connectivity index (χ3v) is 3.25. The molecule has 5 heteroatoms. The van der Waals surface area contributed by atoms with E-state index in [1.807, 2.05) is 0 Å². The average molecular weight is 265 g/mol. The summed E-state index contributed by atoms with van der Waals surface area (Å²) in [6.45, 7) is 4.58. The fourth-order valence-electron chi connectivity index (χ4n) is 2.17. The molecule has 0 aliphatic carbocycles. The van der Waals surface area contributed by atoms with E-state index in [4.69, 9.17) is 0 Å². The summed E-state index contributed by atoms with van der Waals surface area (Å²) in [5, 5.41) is 6.08. The lowest BCUT2D eigenvalue weighted by atomic mass is 10.1. The standard InChI is InChI=1S/C14H20FN3O/c15-13-4-2-1-3-12(13)5-6-17-14(19)11-18-9-7-16-8-10-18/h1-4,16H,5-11H2,(H,17,19). The molecule has 0 unspecified atom stereocenters. The third-order valence-electron chi connectivity index (χ3n) is 3.25. The number of hydrogen-bond acceptors (Lipinski definition) is 3. The summed E-state index contributed by atoms with van der Waals surface area (Å²) in [5.41, 5.74) is 0.643. The van der Waals surface area contributed by atoms with E-state index in [-0.39, 0.29) is 11.7 Å². The van der Waals surface area contributed by atoms with E-state index in [9.17, 15) is 9.18 Å². The van der Waals surface area contributed by atoms with Crippen LogP contribution in [0.4, 0.5) is 4.39 Å². The lowest BCUT2D eigenvalue weighted by molar-refractivity contribution is -0.122. The summed E-state index contributed by atoms with van der Waals surface area (Å²) in [7, 11) is 0. The van der Waals surface area contributed by atoms with Gasteiger partial charge in [0.1, 0.15) is 5.82 Å². The van der Waals surface area contributed by atoms with E-state index >= 15 is 0 Å². The first-order valence-corrected chi connectivity index (χ1v) is 6.69. The minimum absolute atomic E-state index is 0.0123. The van der Waals surface area contributed by atoms with Crippen LogP contribution >= 0.6 is 0 Å². The van der Waals surface area contributed by atoms with Crippen LogP contribution in [-0.4, -0.2) is 50.1 Å². The molecule has 1 amide bonds. The molecular weight excluding hydrogens is 245 g/mol. The molecule has 0 radical (unpaired) electrons. The second-order valence-corrected chi connectivity index (χ2v) is 4.72. The van der Waals surface area contributed by atoms with Gasteiger partial charge in [-0.15, -0.1) is 0 Å². The number of benzene rings is 1. The van der Waals surface area contributed by atoms with Gasteiger partial charge in [-0.1, -0.05) is 18.2 Å². The minimum atomic E-state index is -0.209. The molecule has 0 atom stereocenters. The number of nitrogens with one attached hydrogen (secondary N) is 2. The van der Waals surface area contributed by atoms with Crippen molar-refractivity contribution in [2.75, 3.05) is 39.3 Å². The Balaban J connectivity index is 1.67. The van der Waals surface area contributed by atoms with Crippen LogP contribution in [0.3, 0.4) is 0 Å². The quantitative estimate of drug-likeness (QED) is 0.809. The van der Waals surface area contributed by atoms with E-state index in [1.165, 1.54) is 6.07 Å². The fourth-order valence-corrected chi connectivity index (χ4v) is 2.17. The smallest absolute Gasteiger partial charge is 0.234 e. The van der Waals surface area contributed by atoms with Crippen molar-refractivity contribution in [1.82, 2.24) is 15.5 Å². The predicted octanol–water partition coefficient (Wildman–Crippen LogP) is 0.390. The zero-order valence-electron chi connectivity index (χ0n) is 11.0. The Morgan fingerprint density at radius 3 is 2.79 bits per heavy atom. The summed E-state index contributed by atoms with van der Waals surface area (Å²) < 4.78 is 13.4. The topological polar surface area (TPSA) is 44.4 Å². The molecule has 1 aromatic rings. The first-order valence-electron chi connectivity index (χ1n) is 6.69. The molecular formula is C14H20FN3O. The normalized spacial score (nSPS) is 16.3. The summed E-state index contributed by atoms with van der Waals surface area (Å²) >= 11 is 0. The predicted molar refractivity (Wildman–Crippen MR) is 72.4 cm³/mol. The number of carbonyl (C=O) groups excluding carboxylic acids is 1. The van der Waals surface area contributed by atoms with Gasteiger partial charge in [-0.05, 0) is 18.1 Å². The van der Waals surface area contributed by atoms with E-state index in [0.29, 0.717) is 25.1 Å². The van der Waals surface area contributed by atoms with E-state index in [2.05, 4.69) is 15.5 Å². The Hall–Kier alpha value is -1.46. The molecule has 0 aromatic heterocycles. The van der Waals surface area contributed by atoms with Crippen LogP contribution in [0.1, 0.15) is 5.56 Å². The molecule has 0 bridgehead atoms. The van der Waals surface area contributed by atoms with Crippen molar-refractivity contribution in [2.45, 2.75) is 6.42 Å². The van der Waals surface area contributed by atoms with Crippen LogP contribution in [0.15, 0.2) is 24.3 Å². The van der Waals surface area contributed by atoms with Crippen molar-refractivity contribution in [3.05, 3.63) is 35.6 Å². The van der Waals surface area contributed by atoms with Crippen molar-refractivity contribution in [2.24, 2.45) is 0 Å². The first-order chi connectivity index (χ1) is 9.25. The van der Waals surface area contributed by atoms with Gasteiger partial charge in [0.25, 0.3) is 0 Å². The van der Waals surface area contributed by atoms with E-state index in [1.54, 1.807) is 18.2 Å². The molecule has 104 valence electrons. The molecule has 4 nitrogen and oxygen atoms in total. The van der Waals surface area contributed by atoms with Crippen LogP contribution in [0.2, 0.25) is 0 Å². The maximum atomic E-state index is 13.4. The Kier molecular flexibility index (Phi) is 5.30.